The minimum absolute atomic E-state index is 0.0214. The average molecular weight is 837 g/mol. The van der Waals surface area contributed by atoms with Crippen molar-refractivity contribution in [3.05, 3.63) is 59.8 Å². The molecule has 13 nitrogen and oxygen atoms in total. The summed E-state index contributed by atoms with van der Waals surface area (Å²) in [5.41, 5.74) is 1.03. The highest BCUT2D eigenvalue weighted by Crippen LogP contribution is 2.23. The first-order valence-corrected chi connectivity index (χ1v) is 21.0. The Hall–Kier alpha value is -4.90. The molecule has 0 bridgehead atoms. The number of nitrogens with one attached hydrogen (secondary N) is 3. The Morgan fingerprint density at radius 1 is 1.03 bits per heavy atom. The van der Waals surface area contributed by atoms with Crippen molar-refractivity contribution < 1.29 is 43.0 Å². The molecule has 0 aromatic heterocycles. The monoisotopic (exact) mass is 836 g/mol. The number of nitrogens with zero attached hydrogens (tertiary/aromatic N) is 1. The van der Waals surface area contributed by atoms with Crippen LogP contribution in [-0.2, 0) is 38.2 Å². The molecule has 0 spiro atoms. The number of likely N-dealkylation sites (tertiary alicyclic amines) is 1. The van der Waals surface area contributed by atoms with E-state index in [1.807, 2.05) is 52.8 Å². The van der Waals surface area contributed by atoms with Gasteiger partial charge in [-0.25, -0.2) is 9.59 Å². The SMILES string of the molecule is CC#CC[C@@H](C/C=C\CC(=O)[C@@H](NC(=O)\C=C/C=C\C(C)=C\[C@H](C)[C@@H]1CC=C(C)C(=O)O1)C(C)(C)C)OC(=O)NCCCNC(=O)CCCCCN1C(=O)CC(S)C1=O. The Kier molecular flexibility index (Phi) is 22.4. The van der Waals surface area contributed by atoms with Crippen LogP contribution in [-0.4, -0.2) is 89.5 Å². The molecule has 59 heavy (non-hydrogen) atoms. The lowest BCUT2D eigenvalue weighted by Crippen LogP contribution is -2.48. The van der Waals surface area contributed by atoms with Gasteiger partial charge in [0.05, 0.1) is 11.3 Å². The van der Waals surface area contributed by atoms with Gasteiger partial charge in [-0.2, -0.15) is 12.6 Å². The van der Waals surface area contributed by atoms with E-state index in [1.54, 1.807) is 38.2 Å². The third-order valence-electron chi connectivity index (χ3n) is 9.66. The molecule has 3 N–H and O–H groups in total. The van der Waals surface area contributed by atoms with E-state index in [4.69, 9.17) is 9.47 Å². The van der Waals surface area contributed by atoms with Crippen LogP contribution in [0.1, 0.15) is 113 Å². The first-order valence-electron chi connectivity index (χ1n) is 20.4. The molecule has 2 aliphatic rings. The largest absolute Gasteiger partial charge is 0.458 e. The van der Waals surface area contributed by atoms with Crippen molar-refractivity contribution in [2.75, 3.05) is 19.6 Å². The first kappa shape index (κ1) is 50.2. The third kappa shape index (κ3) is 19.6. The number of rotatable bonds is 23. The normalized spacial score (nSPS) is 18.9. The van der Waals surface area contributed by atoms with E-state index in [1.165, 1.54) is 11.0 Å². The van der Waals surface area contributed by atoms with Crippen molar-refractivity contribution in [1.82, 2.24) is 20.9 Å². The standard InChI is InChI=1S/C45H64N4O9S/c1-8-9-19-34(57-44(56)47-27-17-26-46-38(51)22-11-10-16-28-49-40(53)30-37(59)42(49)54)20-13-14-21-35(50)41(45(5,6)7)48-39(52)23-15-12-18-31(2)29-33(4)36-25-24-32(3)43(55)58-36/h12-15,18,23-24,29,33-34,36-37,41,59H,10-11,16-17,19-22,25-28,30H2,1-7H3,(H,46,51)(H,47,56)(H,48,52)/b14-13-,18-12-,23-15-,31-29+/t33-,34-,36-,37?,41+/m0/s1. The van der Waals surface area contributed by atoms with Gasteiger partial charge < -0.3 is 25.4 Å². The summed E-state index contributed by atoms with van der Waals surface area (Å²) in [6.45, 7) is 14.0. The molecule has 1 unspecified atom stereocenters. The molecule has 5 amide bonds. The van der Waals surface area contributed by atoms with Crippen LogP contribution in [0, 0.1) is 23.2 Å². The van der Waals surface area contributed by atoms with Crippen molar-refractivity contribution in [2.24, 2.45) is 11.3 Å². The van der Waals surface area contributed by atoms with E-state index in [0.717, 1.165) is 5.57 Å². The van der Waals surface area contributed by atoms with Crippen molar-refractivity contribution in [2.45, 2.75) is 136 Å². The maximum atomic E-state index is 13.3. The zero-order valence-electron chi connectivity index (χ0n) is 35.8. The Morgan fingerprint density at radius 2 is 1.75 bits per heavy atom. The highest BCUT2D eigenvalue weighted by Gasteiger charge is 2.35. The molecule has 14 heteroatoms. The second kappa shape index (κ2) is 26.3. The summed E-state index contributed by atoms with van der Waals surface area (Å²) in [6, 6.07) is -0.743. The highest BCUT2D eigenvalue weighted by atomic mass is 32.1. The van der Waals surface area contributed by atoms with E-state index < -0.39 is 34.8 Å². The molecule has 0 saturated carbocycles. The van der Waals surface area contributed by atoms with Gasteiger partial charge in [-0.05, 0) is 45.4 Å². The molecule has 1 fully saturated rings. The fourth-order valence-corrected chi connectivity index (χ4v) is 6.55. The van der Waals surface area contributed by atoms with E-state index in [0.29, 0.717) is 76.6 Å². The summed E-state index contributed by atoms with van der Waals surface area (Å²) in [6.07, 6.45) is 16.9. The number of esters is 1. The number of allylic oxidation sites excluding steroid dienone is 5. The Balaban J connectivity index is 1.72. The minimum Gasteiger partial charge on any atom is -0.458 e. The minimum atomic E-state index is -0.743. The van der Waals surface area contributed by atoms with Crippen molar-refractivity contribution in [1.29, 1.82) is 0 Å². The van der Waals surface area contributed by atoms with Gasteiger partial charge in [0.15, 0.2) is 5.78 Å². The predicted octanol–water partition coefficient (Wildman–Crippen LogP) is 6.01. The molecular formula is C45H64N4O9S. The number of alkyl carbamates (subject to hydrolysis) is 1. The van der Waals surface area contributed by atoms with E-state index in [9.17, 15) is 33.6 Å². The molecule has 1 saturated heterocycles. The topological polar surface area (TPSA) is 177 Å². The number of imide groups is 1. The van der Waals surface area contributed by atoms with Gasteiger partial charge in [-0.1, -0.05) is 88.1 Å². The van der Waals surface area contributed by atoms with E-state index in [-0.39, 0.29) is 54.3 Å². The molecule has 0 aromatic carbocycles. The van der Waals surface area contributed by atoms with Gasteiger partial charge in [-0.15, -0.1) is 5.92 Å². The molecule has 0 aromatic rings. The number of ether oxygens (including phenoxy) is 2. The molecule has 0 radical (unpaired) electrons. The number of hydrogen-bond acceptors (Lipinski definition) is 10. The predicted molar refractivity (Wildman–Crippen MR) is 231 cm³/mol. The number of cyclic esters (lactones) is 1. The van der Waals surface area contributed by atoms with Crippen LogP contribution in [0.15, 0.2) is 59.8 Å². The van der Waals surface area contributed by atoms with Crippen molar-refractivity contribution in [3.63, 3.8) is 0 Å². The van der Waals surface area contributed by atoms with Crippen molar-refractivity contribution >= 4 is 54.1 Å². The van der Waals surface area contributed by atoms with Gasteiger partial charge >= 0.3 is 12.1 Å². The molecule has 2 heterocycles. The lowest BCUT2D eigenvalue weighted by Gasteiger charge is -2.29. The zero-order chi connectivity index (χ0) is 44.0. The summed E-state index contributed by atoms with van der Waals surface area (Å²) >= 11 is 4.12. The number of amides is 5. The van der Waals surface area contributed by atoms with Gasteiger partial charge in [0.2, 0.25) is 23.6 Å². The summed E-state index contributed by atoms with van der Waals surface area (Å²) < 4.78 is 11.1. The zero-order valence-corrected chi connectivity index (χ0v) is 36.7. The fraction of sp³-hybridized carbons (Fsp3) is 0.578. The number of hydrogen-bond donors (Lipinski definition) is 4. The average Bonchev–Trinajstić information content (AvgIpc) is 3.41. The van der Waals surface area contributed by atoms with Crippen molar-refractivity contribution in [3.8, 4) is 11.8 Å². The summed E-state index contributed by atoms with van der Waals surface area (Å²) in [5, 5.41) is 7.80. The maximum Gasteiger partial charge on any atom is 0.407 e. The number of carbonyl (C=O) groups excluding carboxylic acids is 7. The second-order valence-electron chi connectivity index (χ2n) is 15.9. The van der Waals surface area contributed by atoms with Gasteiger partial charge in [0.25, 0.3) is 0 Å². The van der Waals surface area contributed by atoms with Crippen LogP contribution in [0.5, 0.6) is 0 Å². The van der Waals surface area contributed by atoms with Crippen LogP contribution in [0.25, 0.3) is 0 Å². The Morgan fingerprint density at radius 3 is 2.41 bits per heavy atom. The molecule has 324 valence electrons. The summed E-state index contributed by atoms with van der Waals surface area (Å²) in [5.74, 6) is 4.34. The van der Waals surface area contributed by atoms with Crippen LogP contribution >= 0.6 is 12.6 Å². The van der Waals surface area contributed by atoms with Crippen LogP contribution in [0.3, 0.4) is 0 Å². The molecular weight excluding hydrogens is 773 g/mol. The number of carbonyl (C=O) groups is 7. The van der Waals surface area contributed by atoms with E-state index in [2.05, 4.69) is 40.4 Å². The molecule has 2 aliphatic heterocycles. The Labute approximate surface area is 355 Å². The number of Topliss-reactive ketones (excluding diaryl/α,β-unsaturated/α-hetero) is 1. The molecule has 5 atom stereocenters. The smallest absolute Gasteiger partial charge is 0.407 e. The van der Waals surface area contributed by atoms with Gasteiger partial charge in [-0.3, -0.25) is 28.9 Å². The molecule has 0 aliphatic carbocycles. The summed E-state index contributed by atoms with van der Waals surface area (Å²) in [4.78, 5) is 87.6. The van der Waals surface area contributed by atoms with Crippen LogP contribution in [0.2, 0.25) is 0 Å². The number of thiol groups is 1. The number of ketones is 1. The van der Waals surface area contributed by atoms with Crippen LogP contribution in [0.4, 0.5) is 4.79 Å². The maximum absolute atomic E-state index is 13.3. The third-order valence-corrected chi connectivity index (χ3v) is 10.1. The molecule has 2 rings (SSSR count). The second-order valence-corrected chi connectivity index (χ2v) is 16.6. The van der Waals surface area contributed by atoms with Crippen LogP contribution < -0.4 is 16.0 Å². The lowest BCUT2D eigenvalue weighted by atomic mass is 9.83. The highest BCUT2D eigenvalue weighted by molar-refractivity contribution is 7.81. The number of unbranched alkanes of at least 4 members (excludes halogenated alkanes) is 2. The van der Waals surface area contributed by atoms with Gasteiger partial charge in [0, 0.05) is 75.7 Å². The van der Waals surface area contributed by atoms with Gasteiger partial charge in [0.1, 0.15) is 12.2 Å². The summed E-state index contributed by atoms with van der Waals surface area (Å²) in [7, 11) is 0. The fourth-order valence-electron chi connectivity index (χ4n) is 6.25. The lowest BCUT2D eigenvalue weighted by molar-refractivity contribution is -0.147. The quantitative estimate of drug-likeness (QED) is 0.0140. The first-order chi connectivity index (χ1) is 27.9. The van der Waals surface area contributed by atoms with E-state index >= 15 is 0 Å². The Bertz CT molecular complexity index is 1710.